The summed E-state index contributed by atoms with van der Waals surface area (Å²) in [6.45, 7) is 10.0. The molecule has 4 aliphatic rings. The number of likely N-dealkylation sites (tertiary alicyclic amines) is 1. The first-order valence-electron chi connectivity index (χ1n) is 17.4. The number of nitrogens with zero attached hydrogens (tertiary/aromatic N) is 5. The Morgan fingerprint density at radius 3 is 2.38 bits per heavy atom. The van der Waals surface area contributed by atoms with Crippen molar-refractivity contribution in [1.82, 2.24) is 40.5 Å². The molecule has 52 heavy (non-hydrogen) atoms. The zero-order valence-electron chi connectivity index (χ0n) is 29.7. The molecule has 2 saturated carbocycles. The molecule has 0 unspecified atom stereocenters. The average Bonchev–Trinajstić information content (AvgIpc) is 3.99. The van der Waals surface area contributed by atoms with Crippen molar-refractivity contribution in [3.8, 4) is 17.1 Å². The Kier molecular flexibility index (Phi) is 10.3. The molecule has 4 amide bonds. The fourth-order valence-corrected chi connectivity index (χ4v) is 8.00. The van der Waals surface area contributed by atoms with Gasteiger partial charge in [-0.05, 0) is 54.2 Å². The number of amides is 4. The second kappa shape index (κ2) is 14.4. The third kappa shape index (κ3) is 7.91. The molecular weight excluding hydrogens is 696 g/mol. The minimum absolute atomic E-state index is 0.0290. The molecule has 0 bridgehead atoms. The number of tetrazole rings is 1. The standard InChI is InChI=1S/C34H46N8O9S/c1-6-21-18-34(21,31(45)39-52(47,48)25-11-12-25)36-29(43)26-17-22(42-38-28(37-40-42)20-7-9-23(49-5)10-8-20)19-41(26)30(44)27(33(2,3)4)35-32(46)51-24-13-15-50-16-14-24/h6-10,21-22,24-27H,1,11-19H2,2-5H3,(H,35,46)(H,36,43)(H,39,45)/t21-,22-,26+,27-,34-/m1/s1. The van der Waals surface area contributed by atoms with E-state index < -0.39 is 74.1 Å². The van der Waals surface area contributed by atoms with Crippen molar-refractivity contribution in [2.45, 2.75) is 94.3 Å². The smallest absolute Gasteiger partial charge is 0.408 e. The number of carbonyl (C=O) groups excluding carboxylic acids is 4. The van der Waals surface area contributed by atoms with E-state index in [9.17, 15) is 27.6 Å². The van der Waals surface area contributed by atoms with Crippen LogP contribution >= 0.6 is 0 Å². The summed E-state index contributed by atoms with van der Waals surface area (Å²) in [5.41, 5.74) is -1.71. The molecule has 0 spiro atoms. The molecule has 4 fully saturated rings. The van der Waals surface area contributed by atoms with Gasteiger partial charge in [-0.15, -0.1) is 16.8 Å². The summed E-state index contributed by atoms with van der Waals surface area (Å²) < 4.78 is 43.7. The van der Waals surface area contributed by atoms with Gasteiger partial charge >= 0.3 is 6.09 Å². The van der Waals surface area contributed by atoms with Crippen molar-refractivity contribution in [2.24, 2.45) is 11.3 Å². The number of carbonyl (C=O) groups is 4. The van der Waals surface area contributed by atoms with E-state index in [0.29, 0.717) is 56.0 Å². The highest BCUT2D eigenvalue weighted by molar-refractivity contribution is 7.91. The number of alkyl carbamates (subject to hydrolysis) is 1. The van der Waals surface area contributed by atoms with Gasteiger partial charge < -0.3 is 29.7 Å². The molecule has 3 heterocycles. The zero-order valence-corrected chi connectivity index (χ0v) is 30.6. The minimum Gasteiger partial charge on any atom is -0.497 e. The molecule has 2 saturated heterocycles. The van der Waals surface area contributed by atoms with Crippen LogP contribution in [0.4, 0.5) is 4.79 Å². The second-order valence-corrected chi connectivity index (χ2v) is 16.9. The summed E-state index contributed by atoms with van der Waals surface area (Å²) in [6, 6.07) is 4.18. The van der Waals surface area contributed by atoms with E-state index in [4.69, 9.17) is 14.2 Å². The summed E-state index contributed by atoms with van der Waals surface area (Å²) in [5.74, 6) is -1.64. The number of sulfonamides is 1. The van der Waals surface area contributed by atoms with E-state index in [0.717, 1.165) is 0 Å². The average molecular weight is 743 g/mol. The van der Waals surface area contributed by atoms with Crippen LogP contribution in [0.5, 0.6) is 5.75 Å². The number of rotatable bonds is 12. The van der Waals surface area contributed by atoms with Gasteiger partial charge in [-0.2, -0.15) is 4.80 Å². The van der Waals surface area contributed by atoms with Gasteiger partial charge in [0.15, 0.2) is 0 Å². The molecule has 6 rings (SSSR count). The first kappa shape index (κ1) is 37.2. The van der Waals surface area contributed by atoms with Crippen molar-refractivity contribution in [1.29, 1.82) is 0 Å². The van der Waals surface area contributed by atoms with Crippen LogP contribution in [0.2, 0.25) is 0 Å². The zero-order chi connectivity index (χ0) is 37.4. The molecule has 282 valence electrons. The van der Waals surface area contributed by atoms with Gasteiger partial charge in [0, 0.05) is 37.3 Å². The Bertz CT molecular complexity index is 1800. The van der Waals surface area contributed by atoms with Gasteiger partial charge in [-0.3, -0.25) is 19.1 Å². The Hall–Kier alpha value is -4.58. The highest BCUT2D eigenvalue weighted by Gasteiger charge is 2.62. The molecule has 1 aromatic carbocycles. The monoisotopic (exact) mass is 742 g/mol. The highest BCUT2D eigenvalue weighted by Crippen LogP contribution is 2.46. The molecule has 5 atom stereocenters. The van der Waals surface area contributed by atoms with Crippen molar-refractivity contribution < 1.29 is 41.8 Å². The summed E-state index contributed by atoms with van der Waals surface area (Å²) in [4.78, 5) is 58.0. The lowest BCUT2D eigenvalue weighted by Crippen LogP contribution is -2.60. The van der Waals surface area contributed by atoms with E-state index >= 15 is 0 Å². The van der Waals surface area contributed by atoms with Crippen molar-refractivity contribution >= 4 is 33.8 Å². The lowest BCUT2D eigenvalue weighted by atomic mass is 9.85. The van der Waals surface area contributed by atoms with Crippen LogP contribution < -0.4 is 20.1 Å². The number of hydrogen-bond donors (Lipinski definition) is 3. The maximum absolute atomic E-state index is 14.5. The van der Waals surface area contributed by atoms with Gasteiger partial charge in [-0.1, -0.05) is 26.8 Å². The molecule has 0 radical (unpaired) electrons. The fourth-order valence-electron chi connectivity index (χ4n) is 6.64. The molecule has 2 aliphatic heterocycles. The molecule has 18 heteroatoms. The van der Waals surface area contributed by atoms with Crippen LogP contribution in [0.15, 0.2) is 36.9 Å². The Balaban J connectivity index is 1.26. The van der Waals surface area contributed by atoms with Crippen LogP contribution in [0.3, 0.4) is 0 Å². The topological polar surface area (TPSA) is 213 Å². The van der Waals surface area contributed by atoms with Crippen LogP contribution in [0.25, 0.3) is 11.4 Å². The van der Waals surface area contributed by atoms with E-state index in [1.165, 1.54) is 15.8 Å². The molecule has 2 aromatic rings. The van der Waals surface area contributed by atoms with Crippen molar-refractivity contribution in [3.63, 3.8) is 0 Å². The Morgan fingerprint density at radius 1 is 1.10 bits per heavy atom. The Morgan fingerprint density at radius 2 is 1.79 bits per heavy atom. The number of nitrogens with one attached hydrogen (secondary N) is 3. The van der Waals surface area contributed by atoms with Gasteiger partial charge in [0.1, 0.15) is 29.5 Å². The number of hydrogen-bond acceptors (Lipinski definition) is 12. The molecule has 1 aromatic heterocycles. The minimum atomic E-state index is -3.90. The molecule has 2 aliphatic carbocycles. The predicted molar refractivity (Wildman–Crippen MR) is 185 cm³/mol. The van der Waals surface area contributed by atoms with Crippen LogP contribution in [0, 0.1) is 11.3 Å². The lowest BCUT2D eigenvalue weighted by Gasteiger charge is -2.35. The maximum Gasteiger partial charge on any atom is 0.408 e. The third-order valence-electron chi connectivity index (χ3n) is 10.0. The third-order valence-corrected chi connectivity index (χ3v) is 11.9. The van der Waals surface area contributed by atoms with E-state index in [2.05, 4.69) is 37.3 Å². The summed E-state index contributed by atoms with van der Waals surface area (Å²) >= 11 is 0. The lowest BCUT2D eigenvalue weighted by molar-refractivity contribution is -0.143. The SMILES string of the molecule is C=C[C@@H]1C[C@]1(NC(=O)[C@@H]1C[C@@H](n2nnc(-c3ccc(OC)cc3)n2)CN1C(=O)[C@@H](NC(=O)OC1CCOCC1)C(C)(C)C)C(=O)NS(=O)(=O)C1CC1. The first-order chi connectivity index (χ1) is 24.6. The van der Waals surface area contributed by atoms with Crippen LogP contribution in [-0.4, -0.2) is 113 Å². The molecular formula is C34H46N8O9S. The first-order valence-corrected chi connectivity index (χ1v) is 19.0. The summed E-state index contributed by atoms with van der Waals surface area (Å²) in [6.07, 6.45) is 2.51. The Labute approximate surface area is 302 Å². The maximum atomic E-state index is 14.5. The molecule has 3 N–H and O–H groups in total. The quantitative estimate of drug-likeness (QED) is 0.264. The van der Waals surface area contributed by atoms with Gasteiger partial charge in [0.25, 0.3) is 5.91 Å². The summed E-state index contributed by atoms with van der Waals surface area (Å²) in [5, 5.41) is 17.9. The number of benzene rings is 1. The normalized spacial score (nSPS) is 25.5. The second-order valence-electron chi connectivity index (χ2n) is 14.9. The molecule has 17 nitrogen and oxygen atoms in total. The van der Waals surface area contributed by atoms with Crippen molar-refractivity contribution in [2.75, 3.05) is 26.9 Å². The number of ether oxygens (including phenoxy) is 3. The fraction of sp³-hybridized carbons (Fsp3) is 0.618. The van der Waals surface area contributed by atoms with Crippen molar-refractivity contribution in [3.05, 3.63) is 36.9 Å². The predicted octanol–water partition coefficient (Wildman–Crippen LogP) is 1.48. The largest absolute Gasteiger partial charge is 0.497 e. The summed E-state index contributed by atoms with van der Waals surface area (Å²) in [7, 11) is -2.34. The van der Waals surface area contributed by atoms with E-state index in [1.54, 1.807) is 52.1 Å². The van der Waals surface area contributed by atoms with Gasteiger partial charge in [0.2, 0.25) is 27.7 Å². The highest BCUT2D eigenvalue weighted by atomic mass is 32.2. The number of aromatic nitrogens is 4. The van der Waals surface area contributed by atoms with Gasteiger partial charge in [0.05, 0.1) is 31.6 Å². The van der Waals surface area contributed by atoms with Crippen LogP contribution in [0.1, 0.15) is 65.3 Å². The van der Waals surface area contributed by atoms with E-state index in [-0.39, 0.29) is 25.5 Å². The number of methoxy groups -OCH3 is 1. The van der Waals surface area contributed by atoms with E-state index in [1.807, 2.05) is 0 Å². The van der Waals surface area contributed by atoms with Gasteiger partial charge in [-0.25, -0.2) is 13.2 Å². The van der Waals surface area contributed by atoms with Crippen LogP contribution in [-0.2, 0) is 33.9 Å².